The predicted molar refractivity (Wildman–Crippen MR) is 56.1 cm³/mol. The maximum atomic E-state index is 5.55. The minimum atomic E-state index is 0.332. The maximum absolute atomic E-state index is 5.55. The molecule has 0 saturated carbocycles. The topological polar surface area (TPSA) is 31.0 Å². The minimum Gasteiger partial charge on any atom is -0.491 e. The zero-order valence-electron chi connectivity index (χ0n) is 8.86. The number of aryl methyl sites for hydroxylation is 1. The number of rotatable bonds is 6. The van der Waals surface area contributed by atoms with Gasteiger partial charge in [0, 0.05) is 0 Å². The van der Waals surface area contributed by atoms with Crippen molar-refractivity contribution in [3.05, 3.63) is 29.8 Å². The van der Waals surface area contributed by atoms with Crippen LogP contribution in [0.3, 0.4) is 0 Å². The molecule has 0 spiro atoms. The van der Waals surface area contributed by atoms with Gasteiger partial charge in [0.25, 0.3) is 0 Å². The number of hydrogen-bond acceptors (Lipinski definition) is 3. The van der Waals surface area contributed by atoms with E-state index in [9.17, 15) is 0 Å². The van der Waals surface area contributed by atoms with Gasteiger partial charge in [0.15, 0.2) is 0 Å². The average Bonchev–Trinajstić information content (AvgIpc) is 3.04. The number of benzene rings is 1. The lowest BCUT2D eigenvalue weighted by Crippen LogP contribution is -2.10. The molecule has 2 rings (SSSR count). The van der Waals surface area contributed by atoms with Gasteiger partial charge in [-0.05, 0) is 30.7 Å². The van der Waals surface area contributed by atoms with Crippen LogP contribution in [0.5, 0.6) is 5.75 Å². The van der Waals surface area contributed by atoms with Gasteiger partial charge in [-0.15, -0.1) is 0 Å². The molecule has 1 aliphatic heterocycles. The smallest absolute Gasteiger partial charge is 0.122 e. The first-order chi connectivity index (χ1) is 7.36. The SMILES string of the molecule is Cc1c[c]ccc1OCCOCC1CO1. The van der Waals surface area contributed by atoms with Gasteiger partial charge >= 0.3 is 0 Å². The Morgan fingerprint density at radius 2 is 2.40 bits per heavy atom. The standard InChI is InChI=1S/C12H15O3/c1-10-4-2-3-5-12(10)14-7-6-13-8-11-9-15-11/h3-5,11H,6-9H2,1H3. The highest BCUT2D eigenvalue weighted by Crippen LogP contribution is 2.15. The first-order valence-corrected chi connectivity index (χ1v) is 5.15. The van der Waals surface area contributed by atoms with Gasteiger partial charge in [0.1, 0.15) is 18.5 Å². The van der Waals surface area contributed by atoms with Gasteiger partial charge in [0.05, 0.1) is 19.8 Å². The highest BCUT2D eigenvalue weighted by Gasteiger charge is 2.21. The average molecular weight is 207 g/mol. The van der Waals surface area contributed by atoms with Crippen LogP contribution in [0.15, 0.2) is 18.2 Å². The van der Waals surface area contributed by atoms with Gasteiger partial charge in [-0.1, -0.05) is 6.07 Å². The molecule has 3 heteroatoms. The Kier molecular flexibility index (Phi) is 3.59. The summed E-state index contributed by atoms with van der Waals surface area (Å²) in [4.78, 5) is 0. The first-order valence-electron chi connectivity index (χ1n) is 5.15. The highest BCUT2D eigenvalue weighted by atomic mass is 16.6. The molecule has 3 nitrogen and oxygen atoms in total. The lowest BCUT2D eigenvalue weighted by Gasteiger charge is -2.08. The Bertz CT molecular complexity index is 307. The lowest BCUT2D eigenvalue weighted by atomic mass is 10.2. The van der Waals surface area contributed by atoms with Crippen molar-refractivity contribution in [2.45, 2.75) is 13.0 Å². The Labute approximate surface area is 90.0 Å². The van der Waals surface area contributed by atoms with Crippen LogP contribution in [0.25, 0.3) is 0 Å². The fourth-order valence-electron chi connectivity index (χ4n) is 1.25. The molecule has 1 atom stereocenters. The molecule has 0 bridgehead atoms. The number of hydrogen-bond donors (Lipinski definition) is 0. The molecule has 81 valence electrons. The predicted octanol–water partition coefficient (Wildman–Crippen LogP) is 1.59. The van der Waals surface area contributed by atoms with Crippen LogP contribution in [0.2, 0.25) is 0 Å². The van der Waals surface area contributed by atoms with Gasteiger partial charge in [0.2, 0.25) is 0 Å². The summed E-state index contributed by atoms with van der Waals surface area (Å²) in [7, 11) is 0. The molecule has 1 fully saturated rings. The molecule has 1 aliphatic rings. The molecule has 1 saturated heterocycles. The number of epoxide rings is 1. The van der Waals surface area contributed by atoms with E-state index in [0.29, 0.717) is 25.9 Å². The molecule has 0 aromatic heterocycles. The molecule has 1 radical (unpaired) electrons. The highest BCUT2D eigenvalue weighted by molar-refractivity contribution is 5.31. The van der Waals surface area contributed by atoms with Crippen LogP contribution in [-0.2, 0) is 9.47 Å². The third-order valence-corrected chi connectivity index (χ3v) is 2.21. The molecular weight excluding hydrogens is 192 g/mol. The van der Waals surface area contributed by atoms with Crippen molar-refractivity contribution in [3.63, 3.8) is 0 Å². The summed E-state index contributed by atoms with van der Waals surface area (Å²) in [6.45, 7) is 4.72. The van der Waals surface area contributed by atoms with E-state index in [1.807, 2.05) is 25.1 Å². The Hall–Kier alpha value is -1.06. The van der Waals surface area contributed by atoms with E-state index in [4.69, 9.17) is 14.2 Å². The Balaban J connectivity index is 1.62. The molecular formula is C12H15O3. The second kappa shape index (κ2) is 5.14. The summed E-state index contributed by atoms with van der Waals surface area (Å²) in [5.74, 6) is 0.903. The largest absolute Gasteiger partial charge is 0.491 e. The van der Waals surface area contributed by atoms with E-state index in [1.54, 1.807) is 0 Å². The number of ether oxygens (including phenoxy) is 3. The Morgan fingerprint density at radius 3 is 3.13 bits per heavy atom. The normalized spacial score (nSPS) is 18.9. The van der Waals surface area contributed by atoms with Crippen molar-refractivity contribution < 1.29 is 14.2 Å². The third-order valence-electron chi connectivity index (χ3n) is 2.21. The van der Waals surface area contributed by atoms with Crippen molar-refractivity contribution in [1.82, 2.24) is 0 Å². The zero-order chi connectivity index (χ0) is 10.5. The van der Waals surface area contributed by atoms with Gasteiger partial charge in [-0.25, -0.2) is 0 Å². The summed E-state index contributed by atoms with van der Waals surface area (Å²) in [6, 6.07) is 8.67. The van der Waals surface area contributed by atoms with Gasteiger partial charge in [-0.2, -0.15) is 0 Å². The second-order valence-electron chi connectivity index (χ2n) is 3.57. The van der Waals surface area contributed by atoms with Crippen LogP contribution in [0.4, 0.5) is 0 Å². The van der Waals surface area contributed by atoms with E-state index < -0.39 is 0 Å². The fourth-order valence-corrected chi connectivity index (χ4v) is 1.25. The Morgan fingerprint density at radius 1 is 1.53 bits per heavy atom. The summed E-state index contributed by atoms with van der Waals surface area (Å²) in [5, 5.41) is 0. The lowest BCUT2D eigenvalue weighted by molar-refractivity contribution is 0.0876. The van der Waals surface area contributed by atoms with E-state index >= 15 is 0 Å². The van der Waals surface area contributed by atoms with E-state index in [1.165, 1.54) is 0 Å². The molecule has 15 heavy (non-hydrogen) atoms. The second-order valence-corrected chi connectivity index (χ2v) is 3.57. The van der Waals surface area contributed by atoms with Crippen molar-refractivity contribution in [3.8, 4) is 5.75 Å². The van der Waals surface area contributed by atoms with E-state index in [-0.39, 0.29) is 0 Å². The summed E-state index contributed by atoms with van der Waals surface area (Å²) >= 11 is 0. The van der Waals surface area contributed by atoms with Crippen molar-refractivity contribution >= 4 is 0 Å². The quantitative estimate of drug-likeness (QED) is 0.524. The van der Waals surface area contributed by atoms with Crippen LogP contribution in [-0.4, -0.2) is 32.5 Å². The van der Waals surface area contributed by atoms with E-state index in [2.05, 4.69) is 6.07 Å². The van der Waals surface area contributed by atoms with Crippen molar-refractivity contribution in [2.24, 2.45) is 0 Å². The maximum Gasteiger partial charge on any atom is 0.122 e. The monoisotopic (exact) mass is 207 g/mol. The van der Waals surface area contributed by atoms with Crippen molar-refractivity contribution in [1.29, 1.82) is 0 Å². The van der Waals surface area contributed by atoms with Crippen LogP contribution >= 0.6 is 0 Å². The summed E-state index contributed by atoms with van der Waals surface area (Å²) < 4.78 is 15.9. The molecule has 1 unspecified atom stereocenters. The van der Waals surface area contributed by atoms with Gasteiger partial charge < -0.3 is 14.2 Å². The molecule has 1 heterocycles. The van der Waals surface area contributed by atoms with E-state index in [0.717, 1.165) is 17.9 Å². The molecule has 0 aliphatic carbocycles. The van der Waals surface area contributed by atoms with Gasteiger partial charge in [-0.3, -0.25) is 0 Å². The van der Waals surface area contributed by atoms with Crippen LogP contribution in [0.1, 0.15) is 5.56 Å². The van der Waals surface area contributed by atoms with Crippen LogP contribution < -0.4 is 4.74 Å². The molecule has 0 amide bonds. The molecule has 1 aromatic rings. The molecule has 0 N–H and O–H groups in total. The first kappa shape index (κ1) is 10.5. The third kappa shape index (κ3) is 3.53. The van der Waals surface area contributed by atoms with Crippen LogP contribution in [0, 0.1) is 13.0 Å². The zero-order valence-corrected chi connectivity index (χ0v) is 8.86. The summed E-state index contributed by atoms with van der Waals surface area (Å²) in [6.07, 6.45) is 0.332. The molecule has 1 aromatic carbocycles. The fraction of sp³-hybridized carbons (Fsp3) is 0.500. The summed E-state index contributed by atoms with van der Waals surface area (Å²) in [5.41, 5.74) is 1.10. The minimum absolute atomic E-state index is 0.332. The van der Waals surface area contributed by atoms with Crippen molar-refractivity contribution in [2.75, 3.05) is 26.4 Å².